The van der Waals surface area contributed by atoms with Crippen LogP contribution in [0.25, 0.3) is 0 Å². The molecular weight excluding hydrogens is 438 g/mol. The number of nitrogens with one attached hydrogen (secondary N) is 1. The number of carbonyl (C=O) groups is 2. The molecule has 0 bridgehead atoms. The standard InChI is InChI=1S/C20H17N5O6S/c1-2-10-23-19(27)17(12-18(26)22-15-8-3-4-9-16(15)25(30)31)32-20(23)21-13-6-5-7-14(11-13)24(28)29/h2-9,11,17H,1,10,12H2,(H,22,26)/t17-/m0/s1. The fraction of sp³-hybridized carbons (Fsp3) is 0.150. The Balaban J connectivity index is 1.79. The van der Waals surface area contributed by atoms with E-state index in [-0.39, 0.29) is 46.8 Å². The highest BCUT2D eigenvalue weighted by atomic mass is 32.2. The van der Waals surface area contributed by atoms with E-state index in [9.17, 15) is 29.8 Å². The van der Waals surface area contributed by atoms with Crippen LogP contribution in [-0.4, -0.2) is 43.5 Å². The molecule has 164 valence electrons. The Labute approximate surface area is 186 Å². The summed E-state index contributed by atoms with van der Waals surface area (Å²) in [6.45, 7) is 3.76. The number of amides is 2. The zero-order valence-electron chi connectivity index (χ0n) is 16.5. The van der Waals surface area contributed by atoms with Crippen molar-refractivity contribution in [2.75, 3.05) is 11.9 Å². The molecule has 2 amide bonds. The number of benzene rings is 2. The Morgan fingerprint density at radius 3 is 2.62 bits per heavy atom. The SMILES string of the molecule is C=CCN1C(=O)[C@H](CC(=O)Nc2ccccc2[N+](=O)[O-])SC1=Nc1cccc([N+](=O)[O-])c1. The largest absolute Gasteiger partial charge is 0.320 e. The van der Waals surface area contributed by atoms with Crippen LogP contribution in [0.2, 0.25) is 0 Å². The summed E-state index contributed by atoms with van der Waals surface area (Å²) in [5.74, 6) is -0.947. The van der Waals surface area contributed by atoms with Gasteiger partial charge in [0.05, 0.1) is 15.5 Å². The number of nitrogens with zero attached hydrogens (tertiary/aromatic N) is 4. The Morgan fingerprint density at radius 2 is 1.94 bits per heavy atom. The first-order chi connectivity index (χ1) is 15.3. The lowest BCUT2D eigenvalue weighted by Gasteiger charge is -2.13. The average Bonchev–Trinajstić information content (AvgIpc) is 3.03. The van der Waals surface area contributed by atoms with Gasteiger partial charge in [0, 0.05) is 31.2 Å². The van der Waals surface area contributed by atoms with Gasteiger partial charge in [-0.1, -0.05) is 36.0 Å². The fourth-order valence-corrected chi connectivity index (χ4v) is 4.08. The number of non-ortho nitro benzene ring substituents is 1. The summed E-state index contributed by atoms with van der Waals surface area (Å²) in [4.78, 5) is 51.9. The van der Waals surface area contributed by atoms with Gasteiger partial charge in [0.25, 0.3) is 11.4 Å². The second-order valence-electron chi connectivity index (χ2n) is 6.54. The maximum Gasteiger partial charge on any atom is 0.292 e. The lowest BCUT2D eigenvalue weighted by molar-refractivity contribution is -0.384. The van der Waals surface area contributed by atoms with E-state index in [1.165, 1.54) is 47.4 Å². The minimum Gasteiger partial charge on any atom is -0.320 e. The van der Waals surface area contributed by atoms with E-state index >= 15 is 0 Å². The number of rotatable bonds is 8. The predicted molar refractivity (Wildman–Crippen MR) is 120 cm³/mol. The zero-order chi connectivity index (χ0) is 23.3. The zero-order valence-corrected chi connectivity index (χ0v) is 17.4. The van der Waals surface area contributed by atoms with Gasteiger partial charge in [-0.05, 0) is 12.1 Å². The smallest absolute Gasteiger partial charge is 0.292 e. The average molecular weight is 455 g/mol. The maximum atomic E-state index is 12.8. The van der Waals surface area contributed by atoms with Gasteiger partial charge in [0.2, 0.25) is 11.8 Å². The minimum absolute atomic E-state index is 0.0337. The molecule has 32 heavy (non-hydrogen) atoms. The number of thioether (sulfide) groups is 1. The van der Waals surface area contributed by atoms with E-state index in [1.54, 1.807) is 12.1 Å². The lowest BCUT2D eigenvalue weighted by atomic mass is 10.2. The summed E-state index contributed by atoms with van der Waals surface area (Å²) in [5, 5.41) is 24.0. The van der Waals surface area contributed by atoms with Crippen LogP contribution < -0.4 is 5.32 Å². The van der Waals surface area contributed by atoms with Gasteiger partial charge in [-0.25, -0.2) is 4.99 Å². The van der Waals surface area contributed by atoms with Gasteiger partial charge in [0.15, 0.2) is 5.17 Å². The van der Waals surface area contributed by atoms with Crippen molar-refractivity contribution < 1.29 is 19.4 Å². The van der Waals surface area contributed by atoms with Gasteiger partial charge in [-0.2, -0.15) is 0 Å². The molecule has 12 heteroatoms. The van der Waals surface area contributed by atoms with E-state index in [1.807, 2.05) is 0 Å². The molecule has 1 saturated heterocycles. The first kappa shape index (κ1) is 22.6. The van der Waals surface area contributed by atoms with Crippen LogP contribution in [0.5, 0.6) is 0 Å². The first-order valence-corrected chi connectivity index (χ1v) is 10.1. The predicted octanol–water partition coefficient (Wildman–Crippen LogP) is 3.65. The third-order valence-electron chi connectivity index (χ3n) is 4.34. The van der Waals surface area contributed by atoms with Crippen molar-refractivity contribution >= 4 is 51.5 Å². The first-order valence-electron chi connectivity index (χ1n) is 9.25. The van der Waals surface area contributed by atoms with Crippen LogP contribution >= 0.6 is 11.8 Å². The third-order valence-corrected chi connectivity index (χ3v) is 5.52. The number of carbonyl (C=O) groups excluding carboxylic acids is 2. The molecule has 0 radical (unpaired) electrons. The van der Waals surface area contributed by atoms with Crippen molar-refractivity contribution in [1.29, 1.82) is 0 Å². The van der Waals surface area contributed by atoms with Crippen molar-refractivity contribution in [2.24, 2.45) is 4.99 Å². The van der Waals surface area contributed by atoms with E-state index in [2.05, 4.69) is 16.9 Å². The topological polar surface area (TPSA) is 148 Å². The fourth-order valence-electron chi connectivity index (χ4n) is 2.92. The number of aliphatic imine (C=N–C) groups is 1. The van der Waals surface area contributed by atoms with Crippen molar-refractivity contribution in [3.63, 3.8) is 0 Å². The highest BCUT2D eigenvalue weighted by molar-refractivity contribution is 8.15. The summed E-state index contributed by atoms with van der Waals surface area (Å²) >= 11 is 1.04. The monoisotopic (exact) mass is 455 g/mol. The van der Waals surface area contributed by atoms with Crippen LogP contribution in [0.4, 0.5) is 22.7 Å². The molecule has 0 spiro atoms. The summed E-state index contributed by atoms with van der Waals surface area (Å²) in [6.07, 6.45) is 1.26. The van der Waals surface area contributed by atoms with Gasteiger partial charge in [-0.15, -0.1) is 6.58 Å². The van der Waals surface area contributed by atoms with Crippen LogP contribution in [0.1, 0.15) is 6.42 Å². The van der Waals surface area contributed by atoms with Gasteiger partial charge in [-0.3, -0.25) is 34.7 Å². The molecular formula is C20H17N5O6S. The molecule has 0 unspecified atom stereocenters. The number of anilines is 1. The number of hydrogen-bond acceptors (Lipinski definition) is 8. The number of para-hydroxylation sites is 2. The molecule has 2 aromatic carbocycles. The molecule has 0 saturated carbocycles. The van der Waals surface area contributed by atoms with Crippen LogP contribution in [-0.2, 0) is 9.59 Å². The lowest BCUT2D eigenvalue weighted by Crippen LogP contribution is -2.33. The van der Waals surface area contributed by atoms with Crippen molar-refractivity contribution in [1.82, 2.24) is 4.90 Å². The number of nitro groups is 2. The van der Waals surface area contributed by atoms with Crippen molar-refractivity contribution in [2.45, 2.75) is 11.7 Å². The second-order valence-corrected chi connectivity index (χ2v) is 7.71. The number of nitro benzene ring substituents is 2. The molecule has 1 heterocycles. The highest BCUT2D eigenvalue weighted by Gasteiger charge is 2.38. The summed E-state index contributed by atoms with van der Waals surface area (Å²) in [7, 11) is 0. The molecule has 1 N–H and O–H groups in total. The van der Waals surface area contributed by atoms with Gasteiger partial charge < -0.3 is 5.32 Å². The summed E-state index contributed by atoms with van der Waals surface area (Å²) in [5.41, 5.74) is -0.0794. The van der Waals surface area contributed by atoms with E-state index in [4.69, 9.17) is 0 Å². The van der Waals surface area contributed by atoms with Crippen LogP contribution in [0.15, 0.2) is 66.2 Å². The van der Waals surface area contributed by atoms with Gasteiger partial charge in [0.1, 0.15) is 10.9 Å². The molecule has 11 nitrogen and oxygen atoms in total. The summed E-state index contributed by atoms with van der Waals surface area (Å²) in [6, 6.07) is 11.3. The maximum absolute atomic E-state index is 12.8. The van der Waals surface area contributed by atoms with Crippen LogP contribution in [0.3, 0.4) is 0 Å². The Morgan fingerprint density at radius 1 is 1.19 bits per heavy atom. The molecule has 1 aliphatic rings. The van der Waals surface area contributed by atoms with Gasteiger partial charge >= 0.3 is 0 Å². The van der Waals surface area contributed by atoms with E-state index in [0.717, 1.165) is 11.8 Å². The molecule has 1 atom stereocenters. The normalized spacial score (nSPS) is 16.8. The minimum atomic E-state index is -0.810. The summed E-state index contributed by atoms with van der Waals surface area (Å²) < 4.78 is 0. The van der Waals surface area contributed by atoms with E-state index in [0.29, 0.717) is 0 Å². The third kappa shape index (κ3) is 5.16. The second kappa shape index (κ2) is 9.83. The molecule has 2 aromatic rings. The molecule has 1 fully saturated rings. The van der Waals surface area contributed by atoms with E-state index < -0.39 is 21.0 Å². The quantitative estimate of drug-likeness (QED) is 0.363. The molecule has 0 aromatic heterocycles. The van der Waals surface area contributed by atoms with Crippen molar-refractivity contribution in [3.05, 3.63) is 81.4 Å². The molecule has 0 aliphatic carbocycles. The Hall–Kier alpha value is -4.06. The molecule has 3 rings (SSSR count). The Bertz CT molecular complexity index is 1130. The highest BCUT2D eigenvalue weighted by Crippen LogP contribution is 2.33. The Kier molecular flexibility index (Phi) is 6.95. The molecule has 1 aliphatic heterocycles. The van der Waals surface area contributed by atoms with Crippen molar-refractivity contribution in [3.8, 4) is 0 Å². The number of amidine groups is 1. The van der Waals surface area contributed by atoms with Crippen LogP contribution in [0, 0.1) is 20.2 Å². The number of hydrogen-bond donors (Lipinski definition) is 1.